The first-order valence-corrected chi connectivity index (χ1v) is 8.86. The van der Waals surface area contributed by atoms with Gasteiger partial charge in [-0.1, -0.05) is 12.1 Å². The molecule has 118 valence electrons. The summed E-state index contributed by atoms with van der Waals surface area (Å²) in [6.45, 7) is 0.577. The highest BCUT2D eigenvalue weighted by Crippen LogP contribution is 2.39. The summed E-state index contributed by atoms with van der Waals surface area (Å²) in [5.41, 5.74) is 2.37. The van der Waals surface area contributed by atoms with Crippen LogP contribution < -0.4 is 5.32 Å². The molecule has 0 fully saturated rings. The van der Waals surface area contributed by atoms with Gasteiger partial charge < -0.3 is 5.32 Å². The lowest BCUT2D eigenvalue weighted by atomic mass is 9.97. The first-order valence-electron chi connectivity index (χ1n) is 7.67. The number of thiophene rings is 1. The van der Waals surface area contributed by atoms with Gasteiger partial charge in [0, 0.05) is 11.4 Å². The van der Waals surface area contributed by atoms with Crippen LogP contribution in [0.1, 0.15) is 28.8 Å². The van der Waals surface area contributed by atoms with Crippen LogP contribution in [0.15, 0.2) is 24.3 Å². The van der Waals surface area contributed by atoms with Gasteiger partial charge in [-0.05, 0) is 60.5 Å². The molecule has 4 rings (SSSR count). The van der Waals surface area contributed by atoms with Gasteiger partial charge in [0.1, 0.15) is 16.5 Å². The predicted octanol–water partition coefficient (Wildman–Crippen LogP) is 4.97. The molecule has 2 aromatic heterocycles. The summed E-state index contributed by atoms with van der Waals surface area (Å²) in [5.74, 6) is 0.553. The third-order valence-electron chi connectivity index (χ3n) is 4.16. The molecule has 3 aromatic rings. The van der Waals surface area contributed by atoms with Gasteiger partial charge in [-0.2, -0.15) is 0 Å². The van der Waals surface area contributed by atoms with Crippen molar-refractivity contribution in [1.29, 1.82) is 0 Å². The second-order valence-electron chi connectivity index (χ2n) is 5.71. The van der Waals surface area contributed by atoms with Gasteiger partial charge >= 0.3 is 0 Å². The van der Waals surface area contributed by atoms with E-state index in [2.05, 4.69) is 15.3 Å². The standard InChI is InChI=1S/C17H15ClFN3S/c18-17-21-15(20-9-10-5-7-11(19)8-6-10)14-12-3-1-2-4-13(12)23-16(14)22-17/h5-8H,1-4,9H2,(H,20,21,22). The minimum Gasteiger partial charge on any atom is -0.365 e. The summed E-state index contributed by atoms with van der Waals surface area (Å²) in [5, 5.41) is 4.72. The number of fused-ring (bicyclic) bond motifs is 3. The Kier molecular flexibility index (Phi) is 3.91. The molecule has 3 nitrogen and oxygen atoms in total. The number of hydrogen-bond acceptors (Lipinski definition) is 4. The van der Waals surface area contributed by atoms with Crippen molar-refractivity contribution in [2.45, 2.75) is 32.2 Å². The van der Waals surface area contributed by atoms with Gasteiger partial charge in [0.25, 0.3) is 0 Å². The van der Waals surface area contributed by atoms with E-state index in [0.717, 1.165) is 34.4 Å². The SMILES string of the molecule is Fc1ccc(CNc2nc(Cl)nc3sc4c(c23)CCCC4)cc1. The smallest absolute Gasteiger partial charge is 0.225 e. The van der Waals surface area contributed by atoms with E-state index < -0.39 is 0 Å². The first-order chi connectivity index (χ1) is 11.2. The Hall–Kier alpha value is -1.72. The Balaban J connectivity index is 1.70. The molecular formula is C17H15ClFN3S. The van der Waals surface area contributed by atoms with Crippen molar-refractivity contribution in [2.75, 3.05) is 5.32 Å². The highest BCUT2D eigenvalue weighted by molar-refractivity contribution is 7.19. The molecule has 0 saturated carbocycles. The van der Waals surface area contributed by atoms with Crippen molar-refractivity contribution >= 4 is 39.0 Å². The molecule has 1 aromatic carbocycles. The summed E-state index contributed by atoms with van der Waals surface area (Å²) < 4.78 is 13.0. The Labute approximate surface area is 142 Å². The van der Waals surface area contributed by atoms with E-state index in [1.165, 1.54) is 35.4 Å². The molecular weight excluding hydrogens is 333 g/mol. The fourth-order valence-electron chi connectivity index (χ4n) is 3.05. The van der Waals surface area contributed by atoms with Crippen molar-refractivity contribution in [3.05, 3.63) is 51.4 Å². The number of nitrogens with zero attached hydrogens (tertiary/aromatic N) is 2. The summed E-state index contributed by atoms with van der Waals surface area (Å²) in [6.07, 6.45) is 4.63. The molecule has 1 N–H and O–H groups in total. The van der Waals surface area contributed by atoms with E-state index in [1.807, 2.05) is 0 Å². The fourth-order valence-corrected chi connectivity index (χ4v) is 4.53. The molecule has 1 aliphatic rings. The zero-order valence-electron chi connectivity index (χ0n) is 12.4. The summed E-state index contributed by atoms with van der Waals surface area (Å²) >= 11 is 7.81. The van der Waals surface area contributed by atoms with Crippen molar-refractivity contribution < 1.29 is 4.39 Å². The monoisotopic (exact) mass is 347 g/mol. The average Bonchev–Trinajstić information content (AvgIpc) is 2.92. The van der Waals surface area contributed by atoms with E-state index in [4.69, 9.17) is 11.6 Å². The highest BCUT2D eigenvalue weighted by atomic mass is 35.5. The second-order valence-corrected chi connectivity index (χ2v) is 7.13. The van der Waals surface area contributed by atoms with E-state index in [9.17, 15) is 4.39 Å². The highest BCUT2D eigenvalue weighted by Gasteiger charge is 2.20. The van der Waals surface area contributed by atoms with Gasteiger partial charge in [0.15, 0.2) is 0 Å². The van der Waals surface area contributed by atoms with E-state index in [1.54, 1.807) is 23.5 Å². The number of aryl methyl sites for hydroxylation is 2. The van der Waals surface area contributed by atoms with Crippen LogP contribution in [-0.2, 0) is 19.4 Å². The summed E-state index contributed by atoms with van der Waals surface area (Å²) in [4.78, 5) is 11.1. The first kappa shape index (κ1) is 14.8. The predicted molar refractivity (Wildman–Crippen MR) is 92.8 cm³/mol. The largest absolute Gasteiger partial charge is 0.365 e. The quantitative estimate of drug-likeness (QED) is 0.679. The third-order valence-corrected chi connectivity index (χ3v) is 5.52. The van der Waals surface area contributed by atoms with E-state index >= 15 is 0 Å². The molecule has 0 atom stereocenters. The van der Waals surface area contributed by atoms with Crippen molar-refractivity contribution in [2.24, 2.45) is 0 Å². The van der Waals surface area contributed by atoms with Crippen molar-refractivity contribution in [1.82, 2.24) is 9.97 Å². The van der Waals surface area contributed by atoms with Crippen LogP contribution in [0.3, 0.4) is 0 Å². The van der Waals surface area contributed by atoms with Gasteiger partial charge in [-0.15, -0.1) is 11.3 Å². The van der Waals surface area contributed by atoms with Crippen LogP contribution in [0.25, 0.3) is 10.2 Å². The molecule has 2 heterocycles. The van der Waals surface area contributed by atoms with Gasteiger partial charge in [-0.3, -0.25) is 0 Å². The lowest BCUT2D eigenvalue weighted by Gasteiger charge is -2.12. The molecule has 23 heavy (non-hydrogen) atoms. The van der Waals surface area contributed by atoms with Crippen LogP contribution in [0.2, 0.25) is 5.28 Å². The lowest BCUT2D eigenvalue weighted by molar-refractivity contribution is 0.627. The van der Waals surface area contributed by atoms with E-state index in [-0.39, 0.29) is 11.1 Å². The Morgan fingerprint density at radius 1 is 1.13 bits per heavy atom. The average molecular weight is 348 g/mol. The van der Waals surface area contributed by atoms with Crippen LogP contribution in [-0.4, -0.2) is 9.97 Å². The number of nitrogens with one attached hydrogen (secondary N) is 1. The number of hydrogen-bond donors (Lipinski definition) is 1. The number of aromatic nitrogens is 2. The lowest BCUT2D eigenvalue weighted by Crippen LogP contribution is -2.05. The number of anilines is 1. The topological polar surface area (TPSA) is 37.8 Å². The minimum absolute atomic E-state index is 0.229. The number of rotatable bonds is 3. The van der Waals surface area contributed by atoms with Crippen molar-refractivity contribution in [3.63, 3.8) is 0 Å². The minimum atomic E-state index is -0.229. The maximum atomic E-state index is 13.0. The maximum absolute atomic E-state index is 13.0. The van der Waals surface area contributed by atoms with Crippen LogP contribution in [0.4, 0.5) is 10.2 Å². The van der Waals surface area contributed by atoms with Gasteiger partial charge in [-0.25, -0.2) is 14.4 Å². The molecule has 0 spiro atoms. The van der Waals surface area contributed by atoms with E-state index in [0.29, 0.717) is 6.54 Å². The molecule has 0 radical (unpaired) electrons. The van der Waals surface area contributed by atoms with Crippen LogP contribution in [0.5, 0.6) is 0 Å². The molecule has 1 aliphatic carbocycles. The molecule has 0 amide bonds. The van der Waals surface area contributed by atoms with Crippen LogP contribution >= 0.6 is 22.9 Å². The van der Waals surface area contributed by atoms with Gasteiger partial charge in [0.2, 0.25) is 5.28 Å². The Morgan fingerprint density at radius 3 is 2.74 bits per heavy atom. The molecule has 0 bridgehead atoms. The zero-order chi connectivity index (χ0) is 15.8. The number of benzene rings is 1. The van der Waals surface area contributed by atoms with Crippen LogP contribution in [0, 0.1) is 5.82 Å². The Bertz CT molecular complexity index is 860. The maximum Gasteiger partial charge on any atom is 0.225 e. The van der Waals surface area contributed by atoms with Gasteiger partial charge in [0.05, 0.1) is 5.39 Å². The summed E-state index contributed by atoms with van der Waals surface area (Å²) in [6, 6.07) is 6.47. The zero-order valence-corrected chi connectivity index (χ0v) is 14.0. The molecule has 0 saturated heterocycles. The Morgan fingerprint density at radius 2 is 1.91 bits per heavy atom. The van der Waals surface area contributed by atoms with Crippen molar-refractivity contribution in [3.8, 4) is 0 Å². The number of halogens is 2. The third kappa shape index (κ3) is 2.91. The summed E-state index contributed by atoms with van der Waals surface area (Å²) in [7, 11) is 0. The normalized spacial score (nSPS) is 14.0. The molecule has 0 aliphatic heterocycles. The second kappa shape index (κ2) is 6.06. The fraction of sp³-hybridized carbons (Fsp3) is 0.294. The molecule has 0 unspecified atom stereocenters. The molecule has 6 heteroatoms.